The van der Waals surface area contributed by atoms with E-state index >= 15 is 0 Å². The van der Waals surface area contributed by atoms with Crippen molar-refractivity contribution in [3.8, 4) is 0 Å². The van der Waals surface area contributed by atoms with Crippen LogP contribution in [0.25, 0.3) is 0 Å². The molecule has 1 aromatic rings. The van der Waals surface area contributed by atoms with Crippen LogP contribution in [0, 0.1) is 12.8 Å². The number of benzene rings is 1. The second-order valence-corrected chi connectivity index (χ2v) is 7.64. The number of hydrogen-bond donors (Lipinski definition) is 2. The number of sulfonamides is 1. The number of hydrogen-bond acceptors (Lipinski definition) is 4. The summed E-state index contributed by atoms with van der Waals surface area (Å²) < 4.78 is 23.1. The molecule has 1 aromatic carbocycles. The third-order valence-electron chi connectivity index (χ3n) is 3.24. The molecule has 4 N–H and O–H groups in total. The Hall–Kier alpha value is -1.12. The molecule has 1 saturated heterocycles. The van der Waals surface area contributed by atoms with E-state index in [9.17, 15) is 13.2 Å². The van der Waals surface area contributed by atoms with Gasteiger partial charge in [-0.05, 0) is 24.6 Å². The van der Waals surface area contributed by atoms with Gasteiger partial charge in [-0.15, -0.1) is 0 Å². The predicted octanol–water partition coefficient (Wildman–Crippen LogP) is 0.981. The Morgan fingerprint density at radius 1 is 1.45 bits per heavy atom. The zero-order valence-electron chi connectivity index (χ0n) is 11.0. The molecule has 2 rings (SSSR count). The molecule has 1 fully saturated rings. The van der Waals surface area contributed by atoms with Crippen molar-refractivity contribution in [1.29, 1.82) is 0 Å². The minimum atomic E-state index is -3.58. The maximum atomic E-state index is 12.1. The number of carbonyl (C=O) groups excluding carboxylic acids is 1. The Balaban J connectivity index is 2.29. The summed E-state index contributed by atoms with van der Waals surface area (Å²) in [5, 5.41) is 5.04. The van der Waals surface area contributed by atoms with E-state index < -0.39 is 10.0 Å². The molecule has 0 aliphatic carbocycles. The molecular formula is C12H16BrN3O3S. The highest BCUT2D eigenvalue weighted by molar-refractivity contribution is 9.10. The molecule has 1 atom stereocenters. The molecule has 0 bridgehead atoms. The lowest BCUT2D eigenvalue weighted by Gasteiger charge is -2.21. The van der Waals surface area contributed by atoms with Gasteiger partial charge < -0.3 is 10.6 Å². The van der Waals surface area contributed by atoms with E-state index in [0.29, 0.717) is 17.9 Å². The first-order valence-corrected chi connectivity index (χ1v) is 8.54. The van der Waals surface area contributed by atoms with Gasteiger partial charge in [0.05, 0.1) is 17.1 Å². The van der Waals surface area contributed by atoms with E-state index in [1.807, 2.05) is 13.0 Å². The standard InChI is InChI=1S/C12H16BrN3O3S/c1-7-2-9(13)4-10(14)12(7)16-5-8(3-11(16)17)6-20(15,18)19/h2,4,8H,3,5-6,14H2,1H3,(H2,15,18,19). The van der Waals surface area contributed by atoms with Gasteiger partial charge in [-0.2, -0.15) is 0 Å². The zero-order valence-corrected chi connectivity index (χ0v) is 13.4. The zero-order chi connectivity index (χ0) is 15.1. The SMILES string of the molecule is Cc1cc(Br)cc(N)c1N1CC(CS(N)(=O)=O)CC1=O. The van der Waals surface area contributed by atoms with Gasteiger partial charge in [0.2, 0.25) is 15.9 Å². The molecule has 1 aliphatic rings. The first-order valence-electron chi connectivity index (χ1n) is 6.04. The van der Waals surface area contributed by atoms with Gasteiger partial charge in [-0.1, -0.05) is 15.9 Å². The molecule has 20 heavy (non-hydrogen) atoms. The smallest absolute Gasteiger partial charge is 0.227 e. The first kappa shape index (κ1) is 15.3. The molecule has 110 valence electrons. The maximum Gasteiger partial charge on any atom is 0.227 e. The number of halogens is 1. The third-order valence-corrected chi connectivity index (χ3v) is 4.63. The topological polar surface area (TPSA) is 106 Å². The van der Waals surface area contributed by atoms with E-state index in [-0.39, 0.29) is 24.0 Å². The molecule has 1 heterocycles. The molecule has 6 nitrogen and oxygen atoms in total. The van der Waals surface area contributed by atoms with Crippen LogP contribution >= 0.6 is 15.9 Å². The molecule has 0 saturated carbocycles. The van der Waals surface area contributed by atoms with Crippen LogP contribution < -0.4 is 15.8 Å². The molecule has 1 aliphatic heterocycles. The minimum Gasteiger partial charge on any atom is -0.397 e. The van der Waals surface area contributed by atoms with Gasteiger partial charge in [-0.25, -0.2) is 13.6 Å². The largest absolute Gasteiger partial charge is 0.397 e. The Labute approximate surface area is 126 Å². The molecule has 8 heteroatoms. The number of nitrogens with two attached hydrogens (primary N) is 2. The van der Waals surface area contributed by atoms with Crippen molar-refractivity contribution in [2.45, 2.75) is 13.3 Å². The monoisotopic (exact) mass is 361 g/mol. The van der Waals surface area contributed by atoms with Gasteiger partial charge in [0, 0.05) is 23.4 Å². The summed E-state index contributed by atoms with van der Waals surface area (Å²) in [6, 6.07) is 3.59. The van der Waals surface area contributed by atoms with E-state index in [0.717, 1.165) is 10.0 Å². The highest BCUT2D eigenvalue weighted by Crippen LogP contribution is 2.35. The lowest BCUT2D eigenvalue weighted by Crippen LogP contribution is -2.28. The average molecular weight is 362 g/mol. The summed E-state index contributed by atoms with van der Waals surface area (Å²) in [4.78, 5) is 13.6. The van der Waals surface area contributed by atoms with Crippen LogP contribution in [-0.2, 0) is 14.8 Å². The number of nitrogen functional groups attached to an aromatic ring is 1. The molecular weight excluding hydrogens is 346 g/mol. The van der Waals surface area contributed by atoms with Crippen molar-refractivity contribution < 1.29 is 13.2 Å². The van der Waals surface area contributed by atoms with Gasteiger partial charge in [0.1, 0.15) is 0 Å². The van der Waals surface area contributed by atoms with E-state index in [1.54, 1.807) is 11.0 Å². The quantitative estimate of drug-likeness (QED) is 0.782. The summed E-state index contributed by atoms with van der Waals surface area (Å²) in [5.74, 6) is -0.610. The van der Waals surface area contributed by atoms with Crippen molar-refractivity contribution in [2.75, 3.05) is 22.9 Å². The minimum absolute atomic E-state index is 0.129. The van der Waals surface area contributed by atoms with Crippen molar-refractivity contribution in [3.63, 3.8) is 0 Å². The van der Waals surface area contributed by atoms with E-state index in [4.69, 9.17) is 10.9 Å². The van der Waals surface area contributed by atoms with Gasteiger partial charge in [0.25, 0.3) is 0 Å². The van der Waals surface area contributed by atoms with Gasteiger partial charge in [-0.3, -0.25) is 4.79 Å². The van der Waals surface area contributed by atoms with Crippen LogP contribution in [0.4, 0.5) is 11.4 Å². The van der Waals surface area contributed by atoms with Gasteiger partial charge >= 0.3 is 0 Å². The normalized spacial score (nSPS) is 19.6. The fourth-order valence-corrected chi connectivity index (χ4v) is 4.04. The number of amides is 1. The van der Waals surface area contributed by atoms with E-state index in [1.165, 1.54) is 0 Å². The second-order valence-electron chi connectivity index (χ2n) is 5.06. The number of aryl methyl sites for hydroxylation is 1. The van der Waals surface area contributed by atoms with Crippen LogP contribution in [0.1, 0.15) is 12.0 Å². The Bertz CT molecular complexity index is 637. The van der Waals surface area contributed by atoms with Crippen molar-refractivity contribution in [2.24, 2.45) is 11.1 Å². The highest BCUT2D eigenvalue weighted by Gasteiger charge is 2.34. The average Bonchev–Trinajstić information content (AvgIpc) is 2.55. The number of rotatable bonds is 3. The Morgan fingerprint density at radius 3 is 2.65 bits per heavy atom. The number of carbonyl (C=O) groups is 1. The second kappa shape index (κ2) is 5.34. The summed E-state index contributed by atoms with van der Waals surface area (Å²) in [6.07, 6.45) is 0.172. The summed E-state index contributed by atoms with van der Waals surface area (Å²) in [7, 11) is -3.58. The molecule has 0 radical (unpaired) electrons. The summed E-state index contributed by atoms with van der Waals surface area (Å²) in [6.45, 7) is 2.18. The fourth-order valence-electron chi connectivity index (χ4n) is 2.57. The number of primary sulfonamides is 1. The Morgan fingerprint density at radius 2 is 2.10 bits per heavy atom. The van der Waals surface area contributed by atoms with Gasteiger partial charge in [0.15, 0.2) is 0 Å². The van der Waals surface area contributed by atoms with Crippen LogP contribution in [0.5, 0.6) is 0 Å². The molecule has 0 spiro atoms. The van der Waals surface area contributed by atoms with Crippen LogP contribution in [0.3, 0.4) is 0 Å². The van der Waals surface area contributed by atoms with E-state index in [2.05, 4.69) is 15.9 Å². The van der Waals surface area contributed by atoms with Crippen LogP contribution in [0.15, 0.2) is 16.6 Å². The summed E-state index contributed by atoms with van der Waals surface area (Å²) >= 11 is 3.34. The molecule has 1 unspecified atom stereocenters. The van der Waals surface area contributed by atoms with Crippen LogP contribution in [0.2, 0.25) is 0 Å². The van der Waals surface area contributed by atoms with Crippen molar-refractivity contribution >= 4 is 43.2 Å². The van der Waals surface area contributed by atoms with Crippen LogP contribution in [-0.4, -0.2) is 26.6 Å². The number of anilines is 2. The first-order chi connectivity index (χ1) is 9.17. The highest BCUT2D eigenvalue weighted by atomic mass is 79.9. The van der Waals surface area contributed by atoms with Crippen molar-refractivity contribution in [1.82, 2.24) is 0 Å². The fraction of sp³-hybridized carbons (Fsp3) is 0.417. The molecule has 0 aromatic heterocycles. The molecule has 1 amide bonds. The predicted molar refractivity (Wildman–Crippen MR) is 81.7 cm³/mol. The number of nitrogens with zero attached hydrogens (tertiary/aromatic N) is 1. The lowest BCUT2D eigenvalue weighted by atomic mass is 10.1. The lowest BCUT2D eigenvalue weighted by molar-refractivity contribution is -0.117. The Kier molecular flexibility index (Phi) is 4.08. The van der Waals surface area contributed by atoms with Crippen molar-refractivity contribution in [3.05, 3.63) is 22.2 Å². The third kappa shape index (κ3) is 3.31. The summed E-state index contributed by atoms with van der Waals surface area (Å²) in [5.41, 5.74) is 7.97. The maximum absolute atomic E-state index is 12.1.